The highest BCUT2D eigenvalue weighted by atomic mass is 32.2. The predicted octanol–water partition coefficient (Wildman–Crippen LogP) is 3.56. The van der Waals surface area contributed by atoms with E-state index < -0.39 is 10.0 Å². The monoisotopic (exact) mass is 388 g/mol. The fourth-order valence-electron chi connectivity index (χ4n) is 3.06. The van der Waals surface area contributed by atoms with Gasteiger partial charge in [-0.3, -0.25) is 9.10 Å². The Balaban J connectivity index is 2.19. The van der Waals surface area contributed by atoms with Gasteiger partial charge < -0.3 is 5.32 Å². The van der Waals surface area contributed by atoms with Crippen molar-refractivity contribution in [3.63, 3.8) is 0 Å². The molecule has 2 aromatic rings. The molecule has 0 saturated carbocycles. The van der Waals surface area contributed by atoms with Gasteiger partial charge in [0.25, 0.3) is 0 Å². The van der Waals surface area contributed by atoms with Gasteiger partial charge >= 0.3 is 0 Å². The van der Waals surface area contributed by atoms with E-state index >= 15 is 0 Å². The first-order valence-electron chi connectivity index (χ1n) is 8.90. The van der Waals surface area contributed by atoms with Gasteiger partial charge in [-0.15, -0.1) is 0 Å². The third kappa shape index (κ3) is 5.32. The van der Waals surface area contributed by atoms with Crippen molar-refractivity contribution in [1.82, 2.24) is 5.32 Å². The molecule has 27 heavy (non-hydrogen) atoms. The second kappa shape index (κ2) is 8.13. The van der Waals surface area contributed by atoms with Crippen LogP contribution in [-0.2, 0) is 14.8 Å². The Morgan fingerprint density at radius 2 is 1.56 bits per heavy atom. The second-order valence-corrected chi connectivity index (χ2v) is 9.09. The molecule has 1 amide bonds. The van der Waals surface area contributed by atoms with Crippen molar-refractivity contribution in [3.8, 4) is 0 Å². The second-order valence-electron chi connectivity index (χ2n) is 7.19. The molecule has 0 aliphatic heterocycles. The zero-order chi connectivity index (χ0) is 20.4. The Kier molecular flexibility index (Phi) is 6.31. The number of benzene rings is 2. The molecule has 0 aliphatic carbocycles. The summed E-state index contributed by atoms with van der Waals surface area (Å²) in [5, 5.41) is 2.92. The molecular formula is C21H28N2O3S. The average Bonchev–Trinajstić information content (AvgIpc) is 2.56. The Bertz CT molecular complexity index is 935. The first-order chi connectivity index (χ1) is 12.5. The highest BCUT2D eigenvalue weighted by molar-refractivity contribution is 7.92. The van der Waals surface area contributed by atoms with Gasteiger partial charge in [0.15, 0.2) is 0 Å². The summed E-state index contributed by atoms with van der Waals surface area (Å²) < 4.78 is 25.5. The number of carbonyl (C=O) groups excluding carboxylic acids is 1. The van der Waals surface area contributed by atoms with Crippen molar-refractivity contribution in [3.05, 3.63) is 64.2 Å². The number of nitrogens with zero attached hydrogens (tertiary/aromatic N) is 1. The van der Waals surface area contributed by atoms with E-state index in [1.54, 1.807) is 12.1 Å². The largest absolute Gasteiger partial charge is 0.348 e. The molecule has 5 nitrogen and oxygen atoms in total. The number of hydrogen-bond acceptors (Lipinski definition) is 3. The highest BCUT2D eigenvalue weighted by Gasteiger charge is 2.22. The molecule has 1 unspecified atom stereocenters. The topological polar surface area (TPSA) is 66.5 Å². The quantitative estimate of drug-likeness (QED) is 0.823. The minimum atomic E-state index is -3.57. The number of anilines is 1. The highest BCUT2D eigenvalue weighted by Crippen LogP contribution is 2.22. The fourth-order valence-corrected chi connectivity index (χ4v) is 3.91. The third-order valence-electron chi connectivity index (χ3n) is 4.74. The number of amides is 1. The zero-order valence-corrected chi connectivity index (χ0v) is 17.6. The molecule has 146 valence electrons. The molecule has 0 spiro atoms. The lowest BCUT2D eigenvalue weighted by atomic mass is 9.96. The van der Waals surface area contributed by atoms with Gasteiger partial charge in [0.2, 0.25) is 15.9 Å². The lowest BCUT2D eigenvalue weighted by Crippen LogP contribution is -2.41. The summed E-state index contributed by atoms with van der Waals surface area (Å²) in [5.41, 5.74) is 6.01. The number of rotatable bonds is 6. The van der Waals surface area contributed by atoms with Crippen LogP contribution in [0.15, 0.2) is 36.4 Å². The van der Waals surface area contributed by atoms with E-state index in [-0.39, 0.29) is 18.5 Å². The Hall–Kier alpha value is -2.34. The van der Waals surface area contributed by atoms with Crippen molar-refractivity contribution in [2.45, 2.75) is 40.7 Å². The van der Waals surface area contributed by atoms with Crippen LogP contribution < -0.4 is 9.62 Å². The van der Waals surface area contributed by atoms with Gasteiger partial charge in [0.05, 0.1) is 18.0 Å². The number of sulfonamides is 1. The maximum absolute atomic E-state index is 12.6. The molecule has 2 rings (SSSR count). The smallest absolute Gasteiger partial charge is 0.241 e. The van der Waals surface area contributed by atoms with Gasteiger partial charge in [-0.05, 0) is 69.0 Å². The Morgan fingerprint density at radius 3 is 2.11 bits per heavy atom. The molecule has 0 aliphatic rings. The van der Waals surface area contributed by atoms with E-state index in [0.29, 0.717) is 5.69 Å². The van der Waals surface area contributed by atoms with E-state index in [2.05, 4.69) is 24.4 Å². The lowest BCUT2D eigenvalue weighted by molar-refractivity contribution is -0.120. The van der Waals surface area contributed by atoms with Crippen LogP contribution in [0.4, 0.5) is 5.69 Å². The van der Waals surface area contributed by atoms with Crippen LogP contribution in [0.1, 0.15) is 40.8 Å². The summed E-state index contributed by atoms with van der Waals surface area (Å²) in [7, 11) is -3.57. The van der Waals surface area contributed by atoms with Crippen molar-refractivity contribution in [1.29, 1.82) is 0 Å². The zero-order valence-electron chi connectivity index (χ0n) is 16.8. The van der Waals surface area contributed by atoms with Gasteiger partial charge in [0, 0.05) is 0 Å². The van der Waals surface area contributed by atoms with Crippen LogP contribution in [0.3, 0.4) is 0 Å². The van der Waals surface area contributed by atoms with Crippen LogP contribution in [-0.4, -0.2) is 27.1 Å². The number of hydrogen-bond donors (Lipinski definition) is 1. The molecule has 0 bridgehead atoms. The van der Waals surface area contributed by atoms with Crippen LogP contribution in [0, 0.1) is 27.7 Å². The van der Waals surface area contributed by atoms with Gasteiger partial charge in [0.1, 0.15) is 6.54 Å². The first-order valence-corrected chi connectivity index (χ1v) is 10.8. The van der Waals surface area contributed by atoms with E-state index in [9.17, 15) is 13.2 Å². The van der Waals surface area contributed by atoms with Crippen molar-refractivity contribution >= 4 is 21.6 Å². The molecule has 0 aromatic heterocycles. The molecular weight excluding hydrogens is 360 g/mol. The summed E-state index contributed by atoms with van der Waals surface area (Å²) in [6.45, 7) is 9.69. The maximum atomic E-state index is 12.6. The molecule has 0 radical (unpaired) electrons. The third-order valence-corrected chi connectivity index (χ3v) is 5.88. The number of carbonyl (C=O) groups is 1. The molecule has 0 fully saturated rings. The van der Waals surface area contributed by atoms with Crippen molar-refractivity contribution in [2.24, 2.45) is 0 Å². The summed E-state index contributed by atoms with van der Waals surface area (Å²) >= 11 is 0. The number of aryl methyl sites for hydroxylation is 4. The molecule has 0 heterocycles. The van der Waals surface area contributed by atoms with Crippen LogP contribution in [0.2, 0.25) is 0 Å². The Morgan fingerprint density at radius 1 is 1.00 bits per heavy atom. The van der Waals surface area contributed by atoms with E-state index in [1.807, 2.05) is 39.8 Å². The van der Waals surface area contributed by atoms with E-state index in [1.165, 1.54) is 5.56 Å². The van der Waals surface area contributed by atoms with E-state index in [4.69, 9.17) is 0 Å². The standard InChI is InChI=1S/C21H28N2O3S/c1-14-7-9-19(10-8-14)23(27(6,25)26)13-21(24)22-18(5)20-12-16(3)15(2)11-17(20)4/h7-12,18H,13H2,1-6H3,(H,22,24). The van der Waals surface area contributed by atoms with Crippen LogP contribution in [0.25, 0.3) is 0 Å². The van der Waals surface area contributed by atoms with Crippen LogP contribution >= 0.6 is 0 Å². The average molecular weight is 389 g/mol. The molecule has 1 atom stereocenters. The first kappa shape index (κ1) is 21.0. The van der Waals surface area contributed by atoms with Crippen LogP contribution in [0.5, 0.6) is 0 Å². The summed E-state index contributed by atoms with van der Waals surface area (Å²) in [6, 6.07) is 11.0. The van der Waals surface area contributed by atoms with Crippen molar-refractivity contribution < 1.29 is 13.2 Å². The fraction of sp³-hybridized carbons (Fsp3) is 0.381. The van der Waals surface area contributed by atoms with Gasteiger partial charge in [-0.1, -0.05) is 29.8 Å². The molecule has 2 aromatic carbocycles. The number of nitrogens with one attached hydrogen (secondary N) is 1. The SMILES string of the molecule is Cc1ccc(N(CC(=O)NC(C)c2cc(C)c(C)cc2C)S(C)(=O)=O)cc1. The summed E-state index contributed by atoms with van der Waals surface area (Å²) in [6.07, 6.45) is 1.11. The predicted molar refractivity (Wildman–Crippen MR) is 111 cm³/mol. The lowest BCUT2D eigenvalue weighted by Gasteiger charge is -2.24. The summed E-state index contributed by atoms with van der Waals surface area (Å²) in [4.78, 5) is 12.6. The van der Waals surface area contributed by atoms with Gasteiger partial charge in [-0.25, -0.2) is 8.42 Å². The van der Waals surface area contributed by atoms with Gasteiger partial charge in [-0.2, -0.15) is 0 Å². The van der Waals surface area contributed by atoms with E-state index in [0.717, 1.165) is 32.8 Å². The normalized spacial score (nSPS) is 12.5. The minimum absolute atomic E-state index is 0.212. The Labute approximate surface area is 162 Å². The minimum Gasteiger partial charge on any atom is -0.348 e. The summed E-state index contributed by atoms with van der Waals surface area (Å²) in [5.74, 6) is -0.342. The van der Waals surface area contributed by atoms with Crippen molar-refractivity contribution in [2.75, 3.05) is 17.1 Å². The molecule has 6 heteroatoms. The molecule has 1 N–H and O–H groups in total. The molecule has 0 saturated heterocycles. The maximum Gasteiger partial charge on any atom is 0.241 e.